The second-order valence-electron chi connectivity index (χ2n) is 4.43. The van der Waals surface area contributed by atoms with Crippen LogP contribution in [0.5, 0.6) is 0 Å². The molecule has 2 atom stereocenters. The maximum atomic E-state index is 11.8. The van der Waals surface area contributed by atoms with Crippen LogP contribution in [-0.4, -0.2) is 32.5 Å². The first-order valence-electron chi connectivity index (χ1n) is 5.58. The molecule has 2 heterocycles. The van der Waals surface area contributed by atoms with E-state index in [1.165, 1.54) is 26.1 Å². The number of hydrogen-bond acceptors (Lipinski definition) is 6. The lowest BCUT2D eigenvalue weighted by atomic mass is 9.91. The van der Waals surface area contributed by atoms with Gasteiger partial charge in [0.15, 0.2) is 11.4 Å². The molecule has 1 aliphatic rings. The van der Waals surface area contributed by atoms with Gasteiger partial charge in [0.2, 0.25) is 0 Å². The Morgan fingerprint density at radius 3 is 2.84 bits per heavy atom. The molecular formula is C12H12N2O5. The van der Waals surface area contributed by atoms with E-state index < -0.39 is 22.4 Å². The maximum Gasteiger partial charge on any atom is 0.298 e. The number of rotatable bonds is 2. The predicted molar refractivity (Wildman–Crippen MR) is 65.0 cm³/mol. The molecule has 1 aromatic rings. The minimum absolute atomic E-state index is 0.0677. The van der Waals surface area contributed by atoms with E-state index in [0.29, 0.717) is 0 Å². The molecule has 0 radical (unpaired) electrons. The first kappa shape index (κ1) is 13.2. The largest absolute Gasteiger partial charge is 0.486 e. The molecule has 1 N–H and O–H groups in total. The third-order valence-corrected chi connectivity index (χ3v) is 3.12. The SMILES string of the molecule is CC1OC(c2ccncc2[N+](=O)[O-])=CC(=O)C1(C)O. The number of carbonyl (C=O) groups is 1. The van der Waals surface area contributed by atoms with Crippen molar-refractivity contribution >= 4 is 17.2 Å². The first-order chi connectivity index (χ1) is 8.84. The number of nitro groups is 1. The van der Waals surface area contributed by atoms with Crippen molar-refractivity contribution < 1.29 is 19.6 Å². The van der Waals surface area contributed by atoms with Gasteiger partial charge in [-0.25, -0.2) is 0 Å². The van der Waals surface area contributed by atoms with Gasteiger partial charge < -0.3 is 9.84 Å². The molecule has 0 aliphatic carbocycles. The van der Waals surface area contributed by atoms with Crippen LogP contribution in [0.3, 0.4) is 0 Å². The smallest absolute Gasteiger partial charge is 0.298 e. The van der Waals surface area contributed by atoms with Crippen molar-refractivity contribution in [1.82, 2.24) is 4.98 Å². The van der Waals surface area contributed by atoms with Crippen LogP contribution in [0.15, 0.2) is 24.5 Å². The van der Waals surface area contributed by atoms with E-state index in [2.05, 4.69) is 4.98 Å². The van der Waals surface area contributed by atoms with Gasteiger partial charge in [0.25, 0.3) is 5.69 Å². The molecule has 2 unspecified atom stereocenters. The van der Waals surface area contributed by atoms with Gasteiger partial charge in [-0.2, -0.15) is 0 Å². The quantitative estimate of drug-likeness (QED) is 0.633. The molecule has 0 spiro atoms. The molecule has 0 aromatic carbocycles. The third-order valence-electron chi connectivity index (χ3n) is 3.12. The fourth-order valence-electron chi connectivity index (χ4n) is 1.69. The topological polar surface area (TPSA) is 103 Å². The number of nitrogens with zero attached hydrogens (tertiary/aromatic N) is 2. The maximum absolute atomic E-state index is 11.8. The molecule has 100 valence electrons. The summed E-state index contributed by atoms with van der Waals surface area (Å²) in [6.45, 7) is 2.87. The zero-order chi connectivity index (χ0) is 14.2. The molecule has 1 aliphatic heterocycles. The van der Waals surface area contributed by atoms with E-state index in [-0.39, 0.29) is 17.0 Å². The molecule has 19 heavy (non-hydrogen) atoms. The Hall–Kier alpha value is -2.28. The molecule has 0 saturated carbocycles. The number of aromatic nitrogens is 1. The fraction of sp³-hybridized carbons (Fsp3) is 0.333. The van der Waals surface area contributed by atoms with E-state index in [9.17, 15) is 20.0 Å². The van der Waals surface area contributed by atoms with Crippen molar-refractivity contribution in [3.8, 4) is 0 Å². The summed E-state index contributed by atoms with van der Waals surface area (Å²) in [5.74, 6) is -0.481. The van der Waals surface area contributed by atoms with Crippen LogP contribution in [0.25, 0.3) is 5.76 Å². The second-order valence-corrected chi connectivity index (χ2v) is 4.43. The number of hydrogen-bond donors (Lipinski definition) is 1. The molecule has 0 fully saturated rings. The minimum atomic E-state index is -1.63. The van der Waals surface area contributed by atoms with Gasteiger partial charge in [0.05, 0.1) is 10.5 Å². The van der Waals surface area contributed by atoms with Gasteiger partial charge in [0, 0.05) is 12.3 Å². The van der Waals surface area contributed by atoms with Crippen LogP contribution >= 0.6 is 0 Å². The molecule has 0 saturated heterocycles. The summed E-state index contributed by atoms with van der Waals surface area (Å²) in [7, 11) is 0. The molecule has 0 amide bonds. The Kier molecular flexibility index (Phi) is 3.07. The van der Waals surface area contributed by atoms with Crippen molar-refractivity contribution in [2.45, 2.75) is 25.6 Å². The summed E-state index contributed by atoms with van der Waals surface area (Å²) in [5.41, 5.74) is -1.73. The minimum Gasteiger partial charge on any atom is -0.486 e. The average Bonchev–Trinajstić information content (AvgIpc) is 2.36. The normalized spacial score (nSPS) is 26.6. The van der Waals surface area contributed by atoms with E-state index in [4.69, 9.17) is 4.74 Å². The molecule has 2 rings (SSSR count). The standard InChI is InChI=1S/C12H12N2O5/c1-7-12(2,16)11(15)5-10(19-7)8-3-4-13-6-9(8)14(17)18/h3-7,16H,1-2H3. The van der Waals surface area contributed by atoms with Crippen molar-refractivity contribution in [2.75, 3.05) is 0 Å². The van der Waals surface area contributed by atoms with Crippen LogP contribution in [0.1, 0.15) is 19.4 Å². The summed E-state index contributed by atoms with van der Waals surface area (Å²) in [4.78, 5) is 25.8. The highest BCUT2D eigenvalue weighted by molar-refractivity contribution is 6.03. The Balaban J connectivity index is 2.50. The van der Waals surface area contributed by atoms with Crippen LogP contribution in [0.4, 0.5) is 5.69 Å². The zero-order valence-corrected chi connectivity index (χ0v) is 10.4. The third kappa shape index (κ3) is 2.19. The lowest BCUT2D eigenvalue weighted by Gasteiger charge is -2.33. The van der Waals surface area contributed by atoms with Crippen LogP contribution < -0.4 is 0 Å². The highest BCUT2D eigenvalue weighted by Gasteiger charge is 2.41. The van der Waals surface area contributed by atoms with E-state index in [1.54, 1.807) is 0 Å². The highest BCUT2D eigenvalue weighted by atomic mass is 16.6. The van der Waals surface area contributed by atoms with Crippen LogP contribution in [0, 0.1) is 10.1 Å². The molecular weight excluding hydrogens is 252 g/mol. The van der Waals surface area contributed by atoms with Gasteiger partial charge >= 0.3 is 0 Å². The zero-order valence-electron chi connectivity index (χ0n) is 10.4. The predicted octanol–water partition coefficient (Wildman–Crippen LogP) is 1.07. The van der Waals surface area contributed by atoms with Crippen molar-refractivity contribution in [2.24, 2.45) is 0 Å². The van der Waals surface area contributed by atoms with E-state index in [0.717, 1.165) is 12.3 Å². The van der Waals surface area contributed by atoms with Crippen molar-refractivity contribution in [3.63, 3.8) is 0 Å². The van der Waals surface area contributed by atoms with Gasteiger partial charge in [0.1, 0.15) is 18.1 Å². The van der Waals surface area contributed by atoms with E-state index in [1.807, 2.05) is 0 Å². The van der Waals surface area contributed by atoms with Gasteiger partial charge in [-0.1, -0.05) is 0 Å². The number of carbonyl (C=O) groups excluding carboxylic acids is 1. The molecule has 0 bridgehead atoms. The van der Waals surface area contributed by atoms with Gasteiger partial charge in [-0.3, -0.25) is 19.9 Å². The molecule has 7 nitrogen and oxygen atoms in total. The second kappa shape index (κ2) is 4.43. The van der Waals surface area contributed by atoms with Crippen LogP contribution in [-0.2, 0) is 9.53 Å². The summed E-state index contributed by atoms with van der Waals surface area (Å²) in [6, 6.07) is 1.39. The number of aliphatic hydroxyl groups is 1. The fourth-order valence-corrected chi connectivity index (χ4v) is 1.69. The lowest BCUT2D eigenvalue weighted by molar-refractivity contribution is -0.385. The van der Waals surface area contributed by atoms with E-state index >= 15 is 0 Å². The monoisotopic (exact) mass is 264 g/mol. The van der Waals surface area contributed by atoms with Crippen molar-refractivity contribution in [3.05, 3.63) is 40.2 Å². The number of ether oxygens (including phenoxy) is 1. The Morgan fingerprint density at radius 2 is 2.26 bits per heavy atom. The summed E-state index contributed by atoms with van der Waals surface area (Å²) >= 11 is 0. The summed E-state index contributed by atoms with van der Waals surface area (Å²) < 4.78 is 5.41. The van der Waals surface area contributed by atoms with Crippen LogP contribution in [0.2, 0.25) is 0 Å². The summed E-state index contributed by atoms with van der Waals surface area (Å²) in [5, 5.41) is 20.8. The number of ketones is 1. The van der Waals surface area contributed by atoms with Crippen molar-refractivity contribution in [1.29, 1.82) is 0 Å². The van der Waals surface area contributed by atoms with Gasteiger partial charge in [-0.05, 0) is 19.9 Å². The van der Waals surface area contributed by atoms with Gasteiger partial charge in [-0.15, -0.1) is 0 Å². The summed E-state index contributed by atoms with van der Waals surface area (Å²) in [6.07, 6.45) is 2.73. The Bertz CT molecular complexity index is 579. The molecule has 1 aromatic heterocycles. The lowest BCUT2D eigenvalue weighted by Crippen LogP contribution is -2.48. The molecule has 7 heteroatoms. The highest BCUT2D eigenvalue weighted by Crippen LogP contribution is 2.33. The Morgan fingerprint density at radius 1 is 1.58 bits per heavy atom. The average molecular weight is 264 g/mol. The Labute approximate surface area is 108 Å². The first-order valence-corrected chi connectivity index (χ1v) is 5.58. The number of pyridine rings is 1.